The fourth-order valence-electron chi connectivity index (χ4n) is 8.19. The Bertz CT molecular complexity index is 3040. The number of benzene rings is 2. The second-order valence-corrected chi connectivity index (χ2v) is 18.3. The zero-order chi connectivity index (χ0) is 54.8. The molecule has 2 atom stereocenters. The average Bonchev–Trinajstić information content (AvgIpc) is 4.21. The highest BCUT2D eigenvalue weighted by Gasteiger charge is 2.38. The quantitative estimate of drug-likeness (QED) is 0.0516. The van der Waals surface area contributed by atoms with Crippen molar-refractivity contribution in [2.45, 2.75) is 97.0 Å². The summed E-state index contributed by atoms with van der Waals surface area (Å²) >= 11 is 0. The molecule has 21 nitrogen and oxygen atoms in total. The molecule has 396 valence electrons. The number of primary amides is 2. The molecule has 2 aliphatic heterocycles. The number of alkyl halides is 3. The van der Waals surface area contributed by atoms with Crippen molar-refractivity contribution in [2.24, 2.45) is 11.5 Å². The van der Waals surface area contributed by atoms with E-state index in [4.69, 9.17) is 32.7 Å². The van der Waals surface area contributed by atoms with E-state index in [9.17, 15) is 37.1 Å². The number of nitrogens with two attached hydrogens (primary N) is 4. The van der Waals surface area contributed by atoms with Crippen molar-refractivity contribution >= 4 is 47.6 Å². The Hall–Kier alpha value is -8.67. The van der Waals surface area contributed by atoms with Gasteiger partial charge in [-0.2, -0.15) is 13.2 Å². The number of amides is 5. The molecule has 6 aromatic rings. The van der Waals surface area contributed by atoms with Crippen LogP contribution in [0.3, 0.4) is 0 Å². The molecule has 0 unspecified atom stereocenters. The molecule has 2 aliphatic rings. The van der Waals surface area contributed by atoms with Crippen LogP contribution in [0.5, 0.6) is 0 Å². The van der Waals surface area contributed by atoms with Crippen LogP contribution in [0.15, 0.2) is 85.2 Å². The first-order chi connectivity index (χ1) is 35.5. The topological polar surface area (TPSA) is 316 Å². The number of nitrogens with zero attached hydrogens (tertiary/aromatic N) is 7. The van der Waals surface area contributed by atoms with Crippen LogP contribution in [0.4, 0.5) is 29.6 Å². The predicted octanol–water partition coefficient (Wildman–Crippen LogP) is 6.39. The highest BCUT2D eigenvalue weighted by atomic mass is 19.4. The van der Waals surface area contributed by atoms with E-state index in [1.807, 2.05) is 38.1 Å². The van der Waals surface area contributed by atoms with Gasteiger partial charge < -0.3 is 43.8 Å². The van der Waals surface area contributed by atoms with Crippen molar-refractivity contribution < 1.29 is 46.7 Å². The van der Waals surface area contributed by atoms with Crippen LogP contribution in [0.25, 0.3) is 22.5 Å². The molecule has 11 N–H and O–H groups in total. The summed E-state index contributed by atoms with van der Waals surface area (Å²) in [6.45, 7) is 10.8. The van der Waals surface area contributed by atoms with Crippen LogP contribution in [-0.2, 0) is 22.4 Å². The Kier molecular flexibility index (Phi) is 17.7. The van der Waals surface area contributed by atoms with Crippen LogP contribution in [-0.4, -0.2) is 95.1 Å². The molecule has 0 spiro atoms. The van der Waals surface area contributed by atoms with Crippen molar-refractivity contribution in [3.05, 3.63) is 130 Å². The lowest BCUT2D eigenvalue weighted by Crippen LogP contribution is -2.38. The maximum Gasteiger partial charge on any atom is 0.446 e. The van der Waals surface area contributed by atoms with E-state index >= 15 is 0 Å². The summed E-state index contributed by atoms with van der Waals surface area (Å²) in [5, 5.41) is 8.92. The van der Waals surface area contributed by atoms with Gasteiger partial charge in [-0.25, -0.2) is 34.1 Å². The van der Waals surface area contributed by atoms with E-state index in [-0.39, 0.29) is 34.9 Å². The Morgan fingerprint density at radius 2 is 1.17 bits per heavy atom. The van der Waals surface area contributed by atoms with Crippen molar-refractivity contribution in [1.29, 1.82) is 0 Å². The molecule has 6 heterocycles. The maximum absolute atomic E-state index is 12.8. The molecule has 2 aromatic carbocycles. The number of hydrogen-bond donors (Lipinski definition) is 7. The highest BCUT2D eigenvalue weighted by Crippen LogP contribution is 2.36. The van der Waals surface area contributed by atoms with Gasteiger partial charge in [-0.05, 0) is 125 Å². The number of nitrogens with one attached hydrogen (secondary N) is 3. The van der Waals surface area contributed by atoms with Gasteiger partial charge >= 0.3 is 12.3 Å². The number of aromatic nitrogens is 6. The first kappa shape index (κ1) is 55.6. The van der Waals surface area contributed by atoms with Crippen molar-refractivity contribution in [3.8, 4) is 22.5 Å². The molecule has 2 fully saturated rings. The van der Waals surface area contributed by atoms with E-state index in [0.29, 0.717) is 64.2 Å². The van der Waals surface area contributed by atoms with Crippen LogP contribution in [0, 0.1) is 0 Å². The van der Waals surface area contributed by atoms with Crippen LogP contribution < -0.4 is 39.1 Å². The van der Waals surface area contributed by atoms with Crippen molar-refractivity contribution in [1.82, 2.24) is 39.5 Å². The monoisotopic (exact) mass is 1040 g/mol. The van der Waals surface area contributed by atoms with Crippen molar-refractivity contribution in [3.63, 3.8) is 0 Å². The normalized spacial score (nSPS) is 15.2. The van der Waals surface area contributed by atoms with Gasteiger partial charge in [0.2, 0.25) is 6.29 Å². The molecule has 0 bridgehead atoms. The number of halogens is 3. The van der Waals surface area contributed by atoms with Gasteiger partial charge in [0.05, 0.1) is 12.1 Å². The molecule has 5 amide bonds. The first-order valence-electron chi connectivity index (χ1n) is 23.9. The molecule has 75 heavy (non-hydrogen) atoms. The summed E-state index contributed by atoms with van der Waals surface area (Å²) in [4.78, 5) is 90.5. The number of nitrogen functional groups attached to an aromatic ring is 2. The Morgan fingerprint density at radius 3 is 1.57 bits per heavy atom. The third-order valence-corrected chi connectivity index (χ3v) is 11.8. The van der Waals surface area contributed by atoms with Gasteiger partial charge in [-0.3, -0.25) is 28.9 Å². The number of carbonyl (C=O) groups is 6. The SMILES string of the molecule is CCc1ccnc(NC(=O)c2ccc(-c3nc([C@@H]4CCCN4)n(N)c3C(N)=O)cc2)c1.CCc1ccnc(NC(=O)c2ccc(-c3nc([C@@H]4CCCN4C(=O)OC(C)(C)C)n(N)c3C(N)=O)cc2)c1.O=CC(F)(F)F. The number of rotatable bonds is 12. The molecule has 4 aromatic heterocycles. The Labute approximate surface area is 429 Å². The number of imidazole rings is 2. The Balaban J connectivity index is 0.000000223. The number of likely N-dealkylation sites (tertiary alicyclic amines) is 1. The third-order valence-electron chi connectivity index (χ3n) is 11.8. The maximum atomic E-state index is 12.8. The van der Waals surface area contributed by atoms with E-state index < -0.39 is 42.0 Å². The standard InChI is InChI=1S/C27H33N7O4.C22H25N7O2.C2HF3O/c1-5-16-12-13-30-20(15-16)31-25(36)18-10-8-17(9-11-18)21-22(23(28)35)34(29)24(32-21)19-7-6-14-33(19)26(37)38-27(2,3)4;1-2-13-9-11-26-17(12-13)27-22(31)15-7-5-14(6-8-15)18-19(20(23)30)29(24)21(28-18)16-4-3-10-25-16;3-2(4,5)1-6/h8-13,15,19H,5-7,14,29H2,1-4H3,(H2,28,35)(H,30,31,36);5-9,11-12,16,25H,2-4,10,24H2,1H3,(H2,23,30)(H,26,27,31);1H/t19-;16-;/m00./s1. The molecular weight excluding hydrogens is 978 g/mol. The van der Waals surface area contributed by atoms with E-state index in [0.717, 1.165) is 54.5 Å². The zero-order valence-electron chi connectivity index (χ0n) is 41.9. The molecule has 0 aliphatic carbocycles. The largest absolute Gasteiger partial charge is 0.446 e. The number of carbonyl (C=O) groups excluding carboxylic acids is 6. The second-order valence-electron chi connectivity index (χ2n) is 18.3. The lowest BCUT2D eigenvalue weighted by molar-refractivity contribution is -0.156. The average molecular weight is 1040 g/mol. The lowest BCUT2D eigenvalue weighted by Gasteiger charge is -2.28. The second kappa shape index (κ2) is 23.9. The number of hydrogen-bond acceptors (Lipinski definition) is 14. The van der Waals surface area contributed by atoms with Gasteiger partial charge in [0.15, 0.2) is 17.2 Å². The van der Waals surface area contributed by atoms with E-state index in [2.05, 4.69) is 35.9 Å². The van der Waals surface area contributed by atoms with E-state index in [1.54, 1.807) is 86.6 Å². The van der Waals surface area contributed by atoms with Crippen LogP contribution in [0.2, 0.25) is 0 Å². The lowest BCUT2D eigenvalue weighted by atomic mass is 10.1. The minimum atomic E-state index is -4.64. The molecule has 2 saturated heterocycles. The highest BCUT2D eigenvalue weighted by molar-refractivity contribution is 6.05. The number of anilines is 2. The van der Waals surface area contributed by atoms with Gasteiger partial charge in [0.25, 0.3) is 23.6 Å². The predicted molar refractivity (Wildman–Crippen MR) is 273 cm³/mol. The van der Waals surface area contributed by atoms with Gasteiger partial charge in [-0.1, -0.05) is 38.1 Å². The third kappa shape index (κ3) is 14.1. The van der Waals surface area contributed by atoms with Crippen LogP contribution >= 0.6 is 0 Å². The minimum absolute atomic E-state index is 0.00817. The molecular formula is C51H59F3N14O7. The number of aldehydes is 1. The molecule has 24 heteroatoms. The number of ether oxygens (including phenoxy) is 1. The summed E-state index contributed by atoms with van der Waals surface area (Å²) in [6.07, 6.45) is 2.07. The summed E-state index contributed by atoms with van der Waals surface area (Å²) in [5.41, 5.74) is 15.6. The van der Waals surface area contributed by atoms with Gasteiger partial charge in [0, 0.05) is 41.2 Å². The number of aryl methyl sites for hydroxylation is 2. The zero-order valence-corrected chi connectivity index (χ0v) is 41.9. The fourth-order valence-corrected chi connectivity index (χ4v) is 8.19. The van der Waals surface area contributed by atoms with E-state index in [1.165, 1.54) is 4.68 Å². The summed E-state index contributed by atoms with van der Waals surface area (Å²) in [7, 11) is 0. The molecule has 8 rings (SSSR count). The van der Waals surface area contributed by atoms with Gasteiger partial charge in [0.1, 0.15) is 34.4 Å². The summed E-state index contributed by atoms with van der Waals surface area (Å²) in [5.74, 6) is 12.3. The molecule has 0 radical (unpaired) electrons. The van der Waals surface area contributed by atoms with Crippen LogP contribution in [0.1, 0.15) is 137 Å². The first-order valence-corrected chi connectivity index (χ1v) is 23.9. The van der Waals surface area contributed by atoms with Crippen molar-refractivity contribution in [2.75, 3.05) is 35.4 Å². The van der Waals surface area contributed by atoms with Gasteiger partial charge in [-0.15, -0.1) is 0 Å². The smallest absolute Gasteiger partial charge is 0.444 e. The summed E-state index contributed by atoms with van der Waals surface area (Å²) < 4.78 is 39.2. The minimum Gasteiger partial charge on any atom is -0.444 e. The summed E-state index contributed by atoms with van der Waals surface area (Å²) in [6, 6.07) is 20.4. The molecule has 0 saturated carbocycles. The number of pyridine rings is 2. The fraction of sp³-hybridized carbons (Fsp3) is 0.333. The Morgan fingerprint density at radius 1 is 0.720 bits per heavy atom.